The summed E-state index contributed by atoms with van der Waals surface area (Å²) in [6, 6.07) is 43.4. The molecule has 2 heterocycles. The Balaban J connectivity index is 1.19. The second-order valence-electron chi connectivity index (χ2n) is 12.0. The molecule has 0 spiro atoms. The fourth-order valence-corrected chi connectivity index (χ4v) is 7.90. The predicted molar refractivity (Wildman–Crippen MR) is 184 cm³/mol. The molecule has 6 aromatic carbocycles. The third-order valence-electron chi connectivity index (χ3n) is 9.73. The smallest absolute Gasteiger partial charge is 0.267 e. The molecule has 9 rings (SSSR count). The second kappa shape index (κ2) is 10.2. The Kier molecular flexibility index (Phi) is 5.98. The topological polar surface area (TPSA) is 74.8 Å². The first-order valence-electron chi connectivity index (χ1n) is 15.5. The van der Waals surface area contributed by atoms with E-state index in [0.29, 0.717) is 22.5 Å². The van der Waals surface area contributed by atoms with Crippen LogP contribution < -0.4 is 9.80 Å². The lowest BCUT2D eigenvalue weighted by Gasteiger charge is -2.34. The van der Waals surface area contributed by atoms with Crippen molar-refractivity contribution in [2.75, 3.05) is 9.80 Å². The summed E-state index contributed by atoms with van der Waals surface area (Å²) in [5.74, 6) is -1.57. The number of amides is 4. The summed E-state index contributed by atoms with van der Waals surface area (Å²) in [7, 11) is 0. The molecule has 0 saturated carbocycles. The summed E-state index contributed by atoms with van der Waals surface area (Å²) >= 11 is 6.33. The molecule has 0 radical (unpaired) electrons. The van der Waals surface area contributed by atoms with Crippen LogP contribution in [0.5, 0.6) is 0 Å². The lowest BCUT2D eigenvalue weighted by molar-refractivity contribution is 0.0910. The minimum Gasteiger partial charge on any atom is -0.268 e. The van der Waals surface area contributed by atoms with Crippen LogP contribution in [-0.2, 0) is 5.41 Å². The van der Waals surface area contributed by atoms with Crippen LogP contribution in [0.2, 0.25) is 5.02 Å². The fourth-order valence-electron chi connectivity index (χ4n) is 7.65. The highest BCUT2D eigenvalue weighted by atomic mass is 35.5. The van der Waals surface area contributed by atoms with Gasteiger partial charge in [0, 0.05) is 0 Å². The molecule has 0 fully saturated rings. The monoisotopic (exact) mass is 642 g/mol. The Morgan fingerprint density at radius 2 is 0.792 bits per heavy atom. The number of carbonyl (C=O) groups is 4. The molecule has 228 valence electrons. The maximum Gasteiger partial charge on any atom is 0.267 e. The summed E-state index contributed by atoms with van der Waals surface area (Å²) in [5.41, 5.74) is 7.60. The summed E-state index contributed by atoms with van der Waals surface area (Å²) < 4.78 is 0. The number of halogens is 1. The molecule has 2 aliphatic heterocycles. The van der Waals surface area contributed by atoms with Crippen LogP contribution in [0.4, 0.5) is 11.4 Å². The molecule has 3 aliphatic rings. The van der Waals surface area contributed by atoms with Crippen molar-refractivity contribution in [2.24, 2.45) is 0 Å². The van der Waals surface area contributed by atoms with Crippen molar-refractivity contribution >= 4 is 46.6 Å². The standard InChI is InChI=1S/C41H23ClN2O4/c42-35-15-7-12-32-36(35)40(48)44(39(32)47)27-22-18-25(19-23-27)41(33-13-5-3-8-28(33)29-9-4-6-14-34(29)41)24-16-20-26(21-17-24)43-37(45)30-10-1-2-11-31(30)38(43)46/h1-23H. The summed E-state index contributed by atoms with van der Waals surface area (Å²) in [5, 5.41) is 0.243. The molecular formula is C41H23ClN2O4. The van der Waals surface area contributed by atoms with Crippen molar-refractivity contribution in [1.29, 1.82) is 0 Å². The average Bonchev–Trinajstić information content (AvgIpc) is 3.67. The zero-order chi connectivity index (χ0) is 32.7. The highest BCUT2D eigenvalue weighted by Gasteiger charge is 2.47. The highest BCUT2D eigenvalue weighted by molar-refractivity contribution is 6.42. The number of fused-ring (bicyclic) bond motifs is 5. The van der Waals surface area contributed by atoms with Crippen molar-refractivity contribution in [2.45, 2.75) is 5.41 Å². The Morgan fingerprint density at radius 3 is 1.27 bits per heavy atom. The predicted octanol–water partition coefficient (Wildman–Crippen LogP) is 8.30. The molecular weight excluding hydrogens is 620 g/mol. The fraction of sp³-hybridized carbons (Fsp3) is 0.0244. The van der Waals surface area contributed by atoms with Gasteiger partial charge in [-0.25, -0.2) is 9.80 Å². The first-order valence-corrected chi connectivity index (χ1v) is 15.8. The maximum absolute atomic E-state index is 13.4. The van der Waals surface area contributed by atoms with Crippen LogP contribution in [0.1, 0.15) is 63.7 Å². The number of nitrogens with zero attached hydrogens (tertiary/aromatic N) is 2. The van der Waals surface area contributed by atoms with Gasteiger partial charge in [-0.2, -0.15) is 0 Å². The van der Waals surface area contributed by atoms with E-state index in [-0.39, 0.29) is 28.0 Å². The normalized spacial score (nSPS) is 15.4. The summed E-state index contributed by atoms with van der Waals surface area (Å²) in [6.45, 7) is 0. The van der Waals surface area contributed by atoms with E-state index < -0.39 is 17.2 Å². The van der Waals surface area contributed by atoms with Gasteiger partial charge in [0.05, 0.1) is 44.1 Å². The van der Waals surface area contributed by atoms with Crippen LogP contribution >= 0.6 is 11.6 Å². The van der Waals surface area contributed by atoms with Crippen molar-refractivity contribution < 1.29 is 19.2 Å². The summed E-state index contributed by atoms with van der Waals surface area (Å²) in [4.78, 5) is 55.7. The van der Waals surface area contributed by atoms with E-state index in [9.17, 15) is 19.2 Å². The molecule has 4 amide bonds. The molecule has 7 heteroatoms. The number of hydrogen-bond donors (Lipinski definition) is 0. The van der Waals surface area contributed by atoms with Crippen LogP contribution in [0.3, 0.4) is 0 Å². The van der Waals surface area contributed by atoms with E-state index in [4.69, 9.17) is 11.6 Å². The number of rotatable bonds is 4. The quantitative estimate of drug-likeness (QED) is 0.181. The Bertz CT molecular complexity index is 2320. The molecule has 1 aliphatic carbocycles. The number of carbonyl (C=O) groups excluding carboxylic acids is 4. The molecule has 48 heavy (non-hydrogen) atoms. The van der Waals surface area contributed by atoms with E-state index in [2.05, 4.69) is 24.3 Å². The van der Waals surface area contributed by atoms with Gasteiger partial charge in [0.15, 0.2) is 0 Å². The minimum absolute atomic E-state index is 0.210. The van der Waals surface area contributed by atoms with Gasteiger partial charge in [-0.1, -0.05) is 103 Å². The Morgan fingerprint density at radius 1 is 0.396 bits per heavy atom. The SMILES string of the molecule is O=C1c2ccccc2C(=O)N1c1ccc(C2(c3ccc(N4C(=O)c5cccc(Cl)c5C4=O)cc3)c3ccccc3-c3ccccc32)cc1. The van der Waals surface area contributed by atoms with E-state index in [1.807, 2.05) is 60.7 Å². The van der Waals surface area contributed by atoms with Crippen LogP contribution in [-0.4, -0.2) is 23.6 Å². The van der Waals surface area contributed by atoms with Gasteiger partial charge in [-0.15, -0.1) is 0 Å². The number of imide groups is 2. The van der Waals surface area contributed by atoms with Crippen molar-refractivity contribution in [3.63, 3.8) is 0 Å². The Labute approximate surface area is 280 Å². The van der Waals surface area contributed by atoms with Crippen molar-refractivity contribution in [1.82, 2.24) is 0 Å². The van der Waals surface area contributed by atoms with Gasteiger partial charge in [0.2, 0.25) is 0 Å². The van der Waals surface area contributed by atoms with Gasteiger partial charge in [0.25, 0.3) is 23.6 Å². The van der Waals surface area contributed by atoms with Gasteiger partial charge in [-0.3, -0.25) is 19.2 Å². The first kappa shape index (κ1) is 28.1. The Hall–Kier alpha value is -6.11. The number of anilines is 2. The molecule has 0 aromatic heterocycles. The largest absolute Gasteiger partial charge is 0.268 e. The third kappa shape index (κ3) is 3.63. The van der Waals surface area contributed by atoms with E-state index >= 15 is 0 Å². The van der Waals surface area contributed by atoms with Gasteiger partial charge >= 0.3 is 0 Å². The number of benzene rings is 6. The molecule has 0 bridgehead atoms. The zero-order valence-electron chi connectivity index (χ0n) is 25.2. The third-order valence-corrected chi connectivity index (χ3v) is 10.0. The molecule has 0 N–H and O–H groups in total. The molecule has 6 nitrogen and oxygen atoms in total. The van der Waals surface area contributed by atoms with Crippen LogP contribution in [0, 0.1) is 0 Å². The number of hydrogen-bond acceptors (Lipinski definition) is 4. The van der Waals surface area contributed by atoms with Crippen molar-refractivity contribution in [3.05, 3.63) is 189 Å². The van der Waals surface area contributed by atoms with Gasteiger partial charge in [0.1, 0.15) is 0 Å². The van der Waals surface area contributed by atoms with Gasteiger partial charge in [-0.05, 0) is 81.9 Å². The van der Waals surface area contributed by atoms with Gasteiger partial charge < -0.3 is 0 Å². The zero-order valence-corrected chi connectivity index (χ0v) is 25.9. The van der Waals surface area contributed by atoms with Crippen LogP contribution in [0.25, 0.3) is 11.1 Å². The molecule has 6 aromatic rings. The highest BCUT2D eigenvalue weighted by Crippen LogP contribution is 2.56. The van der Waals surface area contributed by atoms with Crippen LogP contribution in [0.15, 0.2) is 140 Å². The summed E-state index contributed by atoms with van der Waals surface area (Å²) in [6.07, 6.45) is 0. The molecule has 0 atom stereocenters. The first-order chi connectivity index (χ1) is 23.4. The van der Waals surface area contributed by atoms with E-state index in [1.165, 1.54) is 9.80 Å². The van der Waals surface area contributed by atoms with E-state index in [1.54, 1.807) is 54.6 Å². The molecule has 0 unspecified atom stereocenters. The van der Waals surface area contributed by atoms with E-state index in [0.717, 1.165) is 33.4 Å². The average molecular weight is 643 g/mol. The second-order valence-corrected chi connectivity index (χ2v) is 12.4. The lowest BCUT2D eigenvalue weighted by Crippen LogP contribution is -2.31. The lowest BCUT2D eigenvalue weighted by atomic mass is 9.67. The minimum atomic E-state index is -0.780. The van der Waals surface area contributed by atoms with Crippen molar-refractivity contribution in [3.8, 4) is 11.1 Å². The maximum atomic E-state index is 13.4. The molecule has 0 saturated heterocycles.